The van der Waals surface area contributed by atoms with E-state index in [2.05, 4.69) is 51.3 Å². The molecule has 206 valence electrons. The van der Waals surface area contributed by atoms with Crippen molar-refractivity contribution in [3.63, 3.8) is 0 Å². The Morgan fingerprint density at radius 3 is 2.29 bits per heavy atom. The van der Waals surface area contributed by atoms with Crippen LogP contribution < -0.4 is 10.6 Å². The third-order valence-electron chi connectivity index (χ3n) is 12.4. The number of Topliss-reactive ketones (excluding diaryl/α,β-unsaturated/α-hetero) is 1. The topological polar surface area (TPSA) is 99.1 Å². The van der Waals surface area contributed by atoms with E-state index in [-0.39, 0.29) is 62.7 Å². The highest BCUT2D eigenvalue weighted by molar-refractivity contribution is 6.04. The van der Waals surface area contributed by atoms with Crippen molar-refractivity contribution in [1.82, 2.24) is 10.6 Å². The van der Waals surface area contributed by atoms with Crippen LogP contribution in [0.25, 0.3) is 0 Å². The molecule has 2 N–H and O–H groups in total. The molecule has 3 fully saturated rings. The second-order valence-corrected chi connectivity index (χ2v) is 15.1. The molecule has 2 unspecified atom stereocenters. The zero-order chi connectivity index (χ0) is 28.1. The highest BCUT2D eigenvalue weighted by atomic mass is 16.2. The van der Waals surface area contributed by atoms with Crippen LogP contribution in [0, 0.1) is 56.2 Å². The summed E-state index contributed by atoms with van der Waals surface area (Å²) in [5, 5.41) is 16.0. The summed E-state index contributed by atoms with van der Waals surface area (Å²) >= 11 is 0. The van der Waals surface area contributed by atoms with Gasteiger partial charge in [-0.05, 0) is 79.1 Å². The Balaban J connectivity index is 1.68. The number of nitrogens with one attached hydrogen (secondary N) is 2. The fourth-order valence-electron chi connectivity index (χ4n) is 10.1. The van der Waals surface area contributed by atoms with Crippen molar-refractivity contribution in [2.45, 2.75) is 99.0 Å². The molecule has 0 aromatic carbocycles. The molecule has 6 heteroatoms. The molecule has 0 aromatic rings. The number of hydrogen-bond donors (Lipinski definition) is 2. The number of fused-ring (bicyclic) bond motifs is 7. The van der Waals surface area contributed by atoms with E-state index in [1.54, 1.807) is 7.05 Å². The molecular weight excluding hydrogens is 474 g/mol. The van der Waals surface area contributed by atoms with Gasteiger partial charge < -0.3 is 10.6 Å². The Morgan fingerprint density at radius 2 is 1.66 bits per heavy atom. The molecule has 0 radical (unpaired) electrons. The van der Waals surface area contributed by atoms with E-state index in [9.17, 15) is 19.6 Å². The van der Waals surface area contributed by atoms with Crippen molar-refractivity contribution in [1.29, 1.82) is 5.26 Å². The molecule has 0 heterocycles. The molecule has 0 bridgehead atoms. The molecule has 5 rings (SSSR count). The van der Waals surface area contributed by atoms with Gasteiger partial charge in [-0.2, -0.15) is 5.26 Å². The van der Waals surface area contributed by atoms with Gasteiger partial charge in [0.1, 0.15) is 6.07 Å². The maximum Gasteiger partial charge on any atom is 0.314 e. The maximum atomic E-state index is 14.4. The van der Waals surface area contributed by atoms with E-state index in [1.165, 1.54) is 0 Å². The van der Waals surface area contributed by atoms with Crippen LogP contribution in [0.15, 0.2) is 23.3 Å². The number of carbonyl (C=O) groups is 3. The molecule has 7 atom stereocenters. The van der Waals surface area contributed by atoms with Gasteiger partial charge in [0.05, 0.1) is 5.57 Å². The maximum absolute atomic E-state index is 14.4. The van der Waals surface area contributed by atoms with Crippen molar-refractivity contribution in [3.8, 4) is 6.07 Å². The van der Waals surface area contributed by atoms with E-state index in [4.69, 9.17) is 0 Å². The summed E-state index contributed by atoms with van der Waals surface area (Å²) in [5.74, 6) is 0.00108. The van der Waals surface area contributed by atoms with Crippen molar-refractivity contribution in [2.75, 3.05) is 7.05 Å². The van der Waals surface area contributed by atoms with Crippen LogP contribution in [0.4, 0.5) is 4.79 Å². The molecular formula is C32H45N3O3. The lowest BCUT2D eigenvalue weighted by molar-refractivity contribution is -0.160. The predicted molar refractivity (Wildman–Crippen MR) is 147 cm³/mol. The Kier molecular flexibility index (Phi) is 5.76. The third-order valence-corrected chi connectivity index (χ3v) is 12.4. The summed E-state index contributed by atoms with van der Waals surface area (Å²) in [4.78, 5) is 40.3. The summed E-state index contributed by atoms with van der Waals surface area (Å²) in [5.41, 5.74) is -0.657. The van der Waals surface area contributed by atoms with Gasteiger partial charge in [0.2, 0.25) is 0 Å². The molecule has 0 spiro atoms. The second kappa shape index (κ2) is 8.05. The summed E-state index contributed by atoms with van der Waals surface area (Å²) in [6.07, 6.45) is 10.1. The van der Waals surface area contributed by atoms with Crippen LogP contribution in [0.1, 0.15) is 93.4 Å². The lowest BCUT2D eigenvalue weighted by atomic mass is 9.35. The van der Waals surface area contributed by atoms with Gasteiger partial charge in [-0.25, -0.2) is 4.79 Å². The van der Waals surface area contributed by atoms with Crippen molar-refractivity contribution < 1.29 is 14.4 Å². The van der Waals surface area contributed by atoms with Crippen molar-refractivity contribution in [3.05, 3.63) is 23.3 Å². The number of nitrogens with zero attached hydrogens (tertiary/aromatic N) is 1. The van der Waals surface area contributed by atoms with E-state index >= 15 is 0 Å². The SMILES string of the molecule is CNC(=O)N[C@]12CCC(C)(C)CC1[C@H]1C(=O)C=C3[C@@]4(C)C=C(C#N)C(=O)C(C)(C)C4CC[C@@]3(C)[C@]1(C)CC2. The number of rotatable bonds is 1. The molecule has 5 aliphatic carbocycles. The van der Waals surface area contributed by atoms with E-state index in [0.717, 1.165) is 50.5 Å². The molecule has 0 aromatic heterocycles. The first-order valence-corrected chi connectivity index (χ1v) is 14.5. The number of urea groups is 1. The Morgan fingerprint density at radius 1 is 1.00 bits per heavy atom. The first-order valence-electron chi connectivity index (χ1n) is 14.5. The lowest BCUT2D eigenvalue weighted by Crippen LogP contribution is -2.70. The highest BCUT2D eigenvalue weighted by Gasteiger charge is 2.70. The van der Waals surface area contributed by atoms with Crippen LogP contribution >= 0.6 is 0 Å². The van der Waals surface area contributed by atoms with Crippen LogP contribution in [-0.4, -0.2) is 30.2 Å². The van der Waals surface area contributed by atoms with E-state index in [0.29, 0.717) is 0 Å². The number of ketones is 2. The normalized spacial score (nSPS) is 44.7. The van der Waals surface area contributed by atoms with Gasteiger partial charge in [0, 0.05) is 29.3 Å². The second-order valence-electron chi connectivity index (χ2n) is 15.1. The molecule has 6 nitrogen and oxygen atoms in total. The van der Waals surface area contributed by atoms with Gasteiger partial charge in [-0.15, -0.1) is 0 Å². The van der Waals surface area contributed by atoms with Crippen LogP contribution in [-0.2, 0) is 9.59 Å². The predicted octanol–water partition coefficient (Wildman–Crippen LogP) is 5.89. The van der Waals surface area contributed by atoms with E-state index in [1.807, 2.05) is 26.0 Å². The first-order chi connectivity index (χ1) is 17.5. The van der Waals surface area contributed by atoms with E-state index < -0.39 is 10.8 Å². The number of carbonyl (C=O) groups excluding carboxylic acids is 3. The third kappa shape index (κ3) is 3.32. The number of amides is 2. The minimum atomic E-state index is -0.663. The average Bonchev–Trinajstić information content (AvgIpc) is 2.83. The molecule has 0 aliphatic heterocycles. The number of hydrogen-bond acceptors (Lipinski definition) is 4. The van der Waals surface area contributed by atoms with Crippen molar-refractivity contribution >= 4 is 17.6 Å². The van der Waals surface area contributed by atoms with Gasteiger partial charge in [-0.1, -0.05) is 60.1 Å². The van der Waals surface area contributed by atoms with Crippen LogP contribution in [0.5, 0.6) is 0 Å². The summed E-state index contributed by atoms with van der Waals surface area (Å²) in [6, 6.07) is 2.01. The molecule has 3 saturated carbocycles. The average molecular weight is 520 g/mol. The minimum Gasteiger partial charge on any atom is -0.341 e. The Hall–Kier alpha value is -2.42. The Labute approximate surface area is 228 Å². The van der Waals surface area contributed by atoms with Gasteiger partial charge >= 0.3 is 6.03 Å². The minimum absolute atomic E-state index is 0.0399. The molecule has 2 amide bonds. The highest BCUT2D eigenvalue weighted by Crippen LogP contribution is 2.73. The first kappa shape index (κ1) is 27.2. The van der Waals surface area contributed by atoms with Gasteiger partial charge in [0.15, 0.2) is 11.6 Å². The quantitative estimate of drug-likeness (QED) is 0.451. The smallest absolute Gasteiger partial charge is 0.314 e. The summed E-state index contributed by atoms with van der Waals surface area (Å²) in [7, 11) is 1.65. The monoisotopic (exact) mass is 519 g/mol. The molecule has 5 aliphatic rings. The zero-order valence-corrected chi connectivity index (χ0v) is 24.5. The van der Waals surface area contributed by atoms with Crippen LogP contribution in [0.3, 0.4) is 0 Å². The van der Waals surface area contributed by atoms with Gasteiger partial charge in [0.25, 0.3) is 0 Å². The molecule has 0 saturated heterocycles. The largest absolute Gasteiger partial charge is 0.341 e. The zero-order valence-electron chi connectivity index (χ0n) is 24.5. The number of nitriles is 1. The van der Waals surface area contributed by atoms with Crippen LogP contribution in [0.2, 0.25) is 0 Å². The Bertz CT molecular complexity index is 1220. The molecule has 38 heavy (non-hydrogen) atoms. The van der Waals surface area contributed by atoms with Gasteiger partial charge in [-0.3, -0.25) is 9.59 Å². The fraction of sp³-hybridized carbons (Fsp3) is 0.750. The standard InChI is InChI=1S/C32H45N3O3/c1-27(2)11-13-32(35-26(38)34-8)14-12-31(7)24(20(32)17-27)21(36)15-23-29(5)16-19(18-33)25(37)28(3,4)22(29)9-10-30(23,31)6/h15-16,20,22,24H,9-14,17H2,1-8H3,(H2,34,35,38)/t20?,22?,24-,29-,30+,31+,32-/m0/s1. The summed E-state index contributed by atoms with van der Waals surface area (Å²) in [6.45, 7) is 15.4. The number of allylic oxidation sites excluding steroid dienone is 4. The lowest BCUT2D eigenvalue weighted by Gasteiger charge is -2.69. The van der Waals surface area contributed by atoms with Crippen molar-refractivity contribution in [2.24, 2.45) is 44.8 Å². The fourth-order valence-corrected chi connectivity index (χ4v) is 10.1. The summed E-state index contributed by atoms with van der Waals surface area (Å²) < 4.78 is 0.